The van der Waals surface area contributed by atoms with Gasteiger partial charge in [-0.25, -0.2) is 4.98 Å². The monoisotopic (exact) mass is 293 g/mol. The van der Waals surface area contributed by atoms with E-state index in [1.54, 1.807) is 16.2 Å². The molecule has 20 heavy (non-hydrogen) atoms. The molecule has 0 saturated carbocycles. The first-order chi connectivity index (χ1) is 9.65. The van der Waals surface area contributed by atoms with Crippen LogP contribution in [0.2, 0.25) is 0 Å². The van der Waals surface area contributed by atoms with Crippen molar-refractivity contribution < 1.29 is 9.90 Å². The van der Waals surface area contributed by atoms with Gasteiger partial charge in [0.25, 0.3) is 5.91 Å². The van der Waals surface area contributed by atoms with Crippen molar-refractivity contribution in [3.63, 3.8) is 0 Å². The van der Waals surface area contributed by atoms with Gasteiger partial charge in [-0.3, -0.25) is 4.79 Å². The third kappa shape index (κ3) is 3.26. The highest BCUT2D eigenvalue weighted by atomic mass is 32.1. The fourth-order valence-electron chi connectivity index (χ4n) is 2.00. The molecule has 0 aliphatic carbocycles. The summed E-state index contributed by atoms with van der Waals surface area (Å²) in [7, 11) is 0. The number of hydrogen-bond donors (Lipinski definition) is 2. The van der Waals surface area contributed by atoms with Crippen LogP contribution in [0.4, 0.5) is 0 Å². The maximum Gasteiger partial charge on any atom is 0.270 e. The van der Waals surface area contributed by atoms with Gasteiger partial charge in [0.05, 0.1) is 10.7 Å². The third-order valence-electron chi connectivity index (χ3n) is 3.08. The number of aryl methyl sites for hydroxylation is 1. The second-order valence-corrected chi connectivity index (χ2v) is 5.58. The zero-order valence-corrected chi connectivity index (χ0v) is 12.5. The summed E-state index contributed by atoms with van der Waals surface area (Å²) in [5.41, 5.74) is 2.38. The number of rotatable bonds is 6. The van der Waals surface area contributed by atoms with Gasteiger partial charge in [-0.05, 0) is 26.3 Å². The van der Waals surface area contributed by atoms with Crippen molar-refractivity contribution in [1.29, 1.82) is 0 Å². The second kappa shape index (κ2) is 6.67. The van der Waals surface area contributed by atoms with E-state index in [9.17, 15) is 4.79 Å². The molecule has 0 aliphatic heterocycles. The van der Waals surface area contributed by atoms with Crippen LogP contribution in [0.1, 0.15) is 28.8 Å². The van der Waals surface area contributed by atoms with Crippen molar-refractivity contribution in [2.75, 3.05) is 19.7 Å². The standard InChI is InChI=1S/C14H19N3O2S/c1-3-17(5-4-6-18)14(19)12-7-11(8-15-12)13-9-20-10(2)16-13/h7-9,15,18H,3-6H2,1-2H3. The topological polar surface area (TPSA) is 69.2 Å². The summed E-state index contributed by atoms with van der Waals surface area (Å²) in [6.45, 7) is 5.18. The van der Waals surface area contributed by atoms with Crippen LogP contribution in [0, 0.1) is 6.92 Å². The number of carbonyl (C=O) groups excluding carboxylic acids is 1. The molecule has 0 radical (unpaired) electrons. The number of aliphatic hydroxyl groups excluding tert-OH is 1. The number of thiazole rings is 1. The molecule has 2 heterocycles. The van der Waals surface area contributed by atoms with Gasteiger partial charge < -0.3 is 15.0 Å². The zero-order chi connectivity index (χ0) is 14.5. The van der Waals surface area contributed by atoms with E-state index in [1.807, 2.05) is 31.5 Å². The lowest BCUT2D eigenvalue weighted by Gasteiger charge is -2.19. The molecule has 6 heteroatoms. The van der Waals surface area contributed by atoms with Crippen LogP contribution in [0.5, 0.6) is 0 Å². The smallest absolute Gasteiger partial charge is 0.270 e. The molecule has 0 aromatic carbocycles. The Kier molecular flexibility index (Phi) is 4.92. The minimum Gasteiger partial charge on any atom is -0.396 e. The van der Waals surface area contributed by atoms with Crippen molar-refractivity contribution in [2.45, 2.75) is 20.3 Å². The number of aromatic nitrogens is 2. The molecule has 5 nitrogen and oxygen atoms in total. The predicted octanol–water partition coefficient (Wildman–Crippen LogP) is 2.29. The number of nitrogens with zero attached hydrogens (tertiary/aromatic N) is 2. The Morgan fingerprint density at radius 2 is 2.35 bits per heavy atom. The largest absolute Gasteiger partial charge is 0.396 e. The Balaban J connectivity index is 2.13. The summed E-state index contributed by atoms with van der Waals surface area (Å²) in [5.74, 6) is -0.0425. The van der Waals surface area contributed by atoms with Crippen LogP contribution >= 0.6 is 11.3 Å². The highest BCUT2D eigenvalue weighted by Gasteiger charge is 2.16. The Morgan fingerprint density at radius 3 is 2.95 bits per heavy atom. The first kappa shape index (κ1) is 14.7. The normalized spacial score (nSPS) is 10.8. The van der Waals surface area contributed by atoms with E-state index in [1.165, 1.54) is 0 Å². The van der Waals surface area contributed by atoms with E-state index in [0.717, 1.165) is 16.3 Å². The highest BCUT2D eigenvalue weighted by Crippen LogP contribution is 2.22. The summed E-state index contributed by atoms with van der Waals surface area (Å²) in [6, 6.07) is 1.83. The first-order valence-corrected chi connectivity index (χ1v) is 7.54. The highest BCUT2D eigenvalue weighted by molar-refractivity contribution is 7.09. The summed E-state index contributed by atoms with van der Waals surface area (Å²) >= 11 is 1.59. The van der Waals surface area contributed by atoms with Crippen molar-refractivity contribution in [3.05, 3.63) is 28.3 Å². The minimum absolute atomic E-state index is 0.0425. The van der Waals surface area contributed by atoms with Gasteiger partial charge in [-0.1, -0.05) is 0 Å². The Labute approximate surface area is 122 Å². The first-order valence-electron chi connectivity index (χ1n) is 6.66. The molecule has 0 unspecified atom stereocenters. The van der Waals surface area contributed by atoms with Gasteiger partial charge in [0.1, 0.15) is 5.69 Å². The van der Waals surface area contributed by atoms with Crippen LogP contribution in [0.25, 0.3) is 11.3 Å². The fourth-order valence-corrected chi connectivity index (χ4v) is 2.62. The fraction of sp³-hybridized carbons (Fsp3) is 0.429. The number of carbonyl (C=O) groups is 1. The molecule has 0 atom stereocenters. The number of aromatic amines is 1. The number of hydrogen-bond acceptors (Lipinski definition) is 4. The van der Waals surface area contributed by atoms with Crippen molar-refractivity contribution in [1.82, 2.24) is 14.9 Å². The zero-order valence-electron chi connectivity index (χ0n) is 11.7. The SMILES string of the molecule is CCN(CCCO)C(=O)c1cc(-c2csc(C)n2)c[nH]1. The molecule has 0 saturated heterocycles. The molecule has 1 amide bonds. The predicted molar refractivity (Wildman–Crippen MR) is 79.9 cm³/mol. The second-order valence-electron chi connectivity index (χ2n) is 4.52. The van der Waals surface area contributed by atoms with Crippen LogP contribution < -0.4 is 0 Å². The summed E-state index contributed by atoms with van der Waals surface area (Å²) in [4.78, 5) is 21.5. The van der Waals surface area contributed by atoms with Crippen molar-refractivity contribution >= 4 is 17.2 Å². The Morgan fingerprint density at radius 1 is 1.55 bits per heavy atom. The molecular formula is C14H19N3O2S. The van der Waals surface area contributed by atoms with Crippen LogP contribution in [-0.4, -0.2) is 45.6 Å². The summed E-state index contributed by atoms with van der Waals surface area (Å²) < 4.78 is 0. The van der Waals surface area contributed by atoms with E-state index in [-0.39, 0.29) is 12.5 Å². The van der Waals surface area contributed by atoms with Gasteiger partial charge >= 0.3 is 0 Å². The molecule has 2 N–H and O–H groups in total. The Hall–Kier alpha value is -1.66. The lowest BCUT2D eigenvalue weighted by atomic mass is 10.2. The molecule has 2 aromatic rings. The molecule has 2 aromatic heterocycles. The van der Waals surface area contributed by atoms with Crippen LogP contribution in [-0.2, 0) is 0 Å². The third-order valence-corrected chi connectivity index (χ3v) is 3.86. The van der Waals surface area contributed by atoms with Gasteiger partial charge in [0, 0.05) is 36.8 Å². The van der Waals surface area contributed by atoms with Gasteiger partial charge in [0.15, 0.2) is 0 Å². The van der Waals surface area contributed by atoms with Crippen molar-refractivity contribution in [2.24, 2.45) is 0 Å². The molecule has 0 fully saturated rings. The van der Waals surface area contributed by atoms with Gasteiger partial charge in [-0.15, -0.1) is 11.3 Å². The number of aliphatic hydroxyl groups is 1. The molecule has 0 aliphatic rings. The number of amides is 1. The Bertz CT molecular complexity index is 576. The lowest BCUT2D eigenvalue weighted by Crippen LogP contribution is -2.32. The van der Waals surface area contributed by atoms with Gasteiger partial charge in [-0.2, -0.15) is 0 Å². The van der Waals surface area contributed by atoms with Crippen LogP contribution in [0.15, 0.2) is 17.6 Å². The molecule has 0 spiro atoms. The number of nitrogens with one attached hydrogen (secondary N) is 1. The van der Waals surface area contributed by atoms with E-state index >= 15 is 0 Å². The van der Waals surface area contributed by atoms with E-state index in [2.05, 4.69) is 9.97 Å². The maximum absolute atomic E-state index is 12.3. The average Bonchev–Trinajstić information content (AvgIpc) is 3.07. The van der Waals surface area contributed by atoms with Crippen molar-refractivity contribution in [3.8, 4) is 11.3 Å². The summed E-state index contributed by atoms with van der Waals surface area (Å²) in [5, 5.41) is 11.9. The van der Waals surface area contributed by atoms with E-state index < -0.39 is 0 Å². The molecule has 2 rings (SSSR count). The molecule has 0 bridgehead atoms. The van der Waals surface area contributed by atoms with E-state index in [0.29, 0.717) is 25.2 Å². The van der Waals surface area contributed by atoms with Crippen LogP contribution in [0.3, 0.4) is 0 Å². The molecular weight excluding hydrogens is 274 g/mol. The quantitative estimate of drug-likeness (QED) is 0.858. The lowest BCUT2D eigenvalue weighted by molar-refractivity contribution is 0.0749. The molecule has 108 valence electrons. The maximum atomic E-state index is 12.3. The van der Waals surface area contributed by atoms with Gasteiger partial charge in [0.2, 0.25) is 0 Å². The minimum atomic E-state index is -0.0425. The average molecular weight is 293 g/mol. The summed E-state index contributed by atoms with van der Waals surface area (Å²) in [6.07, 6.45) is 2.40. The van der Waals surface area contributed by atoms with E-state index in [4.69, 9.17) is 5.11 Å². The number of H-pyrrole nitrogens is 1.